The highest BCUT2D eigenvalue weighted by molar-refractivity contribution is 6.38. The van der Waals surface area contributed by atoms with Gasteiger partial charge in [-0.15, -0.1) is 0 Å². The summed E-state index contributed by atoms with van der Waals surface area (Å²) in [5.74, 6) is -4.09. The Morgan fingerprint density at radius 1 is 0.900 bits per heavy atom. The fourth-order valence-electron chi connectivity index (χ4n) is 6.40. The number of nitrogens with one attached hydrogen (secondary N) is 4. The third-order valence-corrected chi connectivity index (χ3v) is 8.87. The number of likely N-dealkylation sites (N-methyl/N-ethyl adjacent to an activating group) is 1. The molecule has 50 heavy (non-hydrogen) atoms. The zero-order valence-corrected chi connectivity index (χ0v) is 30.2. The first-order valence-electron chi connectivity index (χ1n) is 17.6. The van der Waals surface area contributed by atoms with Gasteiger partial charge in [-0.1, -0.05) is 62.9 Å². The standard InChI is InChI=1S/C36H54N6O8/c1-7-15-25(30(44)32(46)37-22-27(43)39-28(33(47)41(5)6)23-16-10-8-11-17-23)38-31(45)26-20-14-21-42(26)34(48)29(24-18-12-9-13-19-24)40-35(49)50-36(2,3)4/h8,10-11,16-17,24-26,28-29H,7,9,12-15,18-22H2,1-6H3,(H,37,46)(H,38,45)(H,39,43)(H,40,49)/t25?,26-,28-,29-/m0/s1. The third kappa shape index (κ3) is 11.5. The minimum atomic E-state index is -1.19. The van der Waals surface area contributed by atoms with Crippen molar-refractivity contribution in [2.45, 2.75) is 115 Å². The van der Waals surface area contributed by atoms with Crippen LogP contribution in [0, 0.1) is 5.92 Å². The summed E-state index contributed by atoms with van der Waals surface area (Å²) in [5, 5.41) is 10.4. The summed E-state index contributed by atoms with van der Waals surface area (Å²) in [4.78, 5) is 94.9. The molecule has 0 bridgehead atoms. The number of amides is 6. The Morgan fingerprint density at radius 3 is 2.16 bits per heavy atom. The van der Waals surface area contributed by atoms with Crippen LogP contribution in [0.3, 0.4) is 0 Å². The summed E-state index contributed by atoms with van der Waals surface area (Å²) in [5.41, 5.74) is -0.203. The Morgan fingerprint density at radius 2 is 1.56 bits per heavy atom. The van der Waals surface area contributed by atoms with Crippen molar-refractivity contribution in [2.24, 2.45) is 5.92 Å². The van der Waals surface area contributed by atoms with E-state index in [4.69, 9.17) is 4.74 Å². The van der Waals surface area contributed by atoms with Crippen molar-refractivity contribution < 1.29 is 38.3 Å². The highest BCUT2D eigenvalue weighted by atomic mass is 16.6. The van der Waals surface area contributed by atoms with E-state index in [0.29, 0.717) is 31.4 Å². The van der Waals surface area contributed by atoms with Crippen molar-refractivity contribution >= 4 is 41.4 Å². The molecule has 1 saturated carbocycles. The largest absolute Gasteiger partial charge is 0.444 e. The van der Waals surface area contributed by atoms with E-state index in [2.05, 4.69) is 21.3 Å². The zero-order valence-electron chi connectivity index (χ0n) is 30.2. The maximum Gasteiger partial charge on any atom is 0.408 e. The predicted molar refractivity (Wildman–Crippen MR) is 185 cm³/mol. The van der Waals surface area contributed by atoms with Gasteiger partial charge in [0.15, 0.2) is 0 Å². The van der Waals surface area contributed by atoms with Crippen LogP contribution in [0.25, 0.3) is 0 Å². The summed E-state index contributed by atoms with van der Waals surface area (Å²) in [6.07, 6.45) is 5.26. The van der Waals surface area contributed by atoms with Crippen LogP contribution >= 0.6 is 0 Å². The van der Waals surface area contributed by atoms with Gasteiger partial charge < -0.3 is 35.8 Å². The van der Waals surface area contributed by atoms with Gasteiger partial charge in [0.25, 0.3) is 5.91 Å². The Bertz CT molecular complexity index is 1370. The number of hydrogen-bond donors (Lipinski definition) is 4. The van der Waals surface area contributed by atoms with Gasteiger partial charge in [-0.25, -0.2) is 4.79 Å². The van der Waals surface area contributed by atoms with Crippen LogP contribution in [0.15, 0.2) is 30.3 Å². The van der Waals surface area contributed by atoms with E-state index in [-0.39, 0.29) is 24.2 Å². The lowest BCUT2D eigenvalue weighted by Gasteiger charge is -2.35. The molecule has 0 spiro atoms. The number of hydrogen-bond acceptors (Lipinski definition) is 8. The van der Waals surface area contributed by atoms with Gasteiger partial charge in [0.05, 0.1) is 12.6 Å². The van der Waals surface area contributed by atoms with Crippen LogP contribution < -0.4 is 21.3 Å². The van der Waals surface area contributed by atoms with Crippen molar-refractivity contribution in [1.82, 2.24) is 31.1 Å². The third-order valence-electron chi connectivity index (χ3n) is 8.87. The van der Waals surface area contributed by atoms with Crippen molar-refractivity contribution in [3.05, 3.63) is 35.9 Å². The molecule has 1 saturated heterocycles. The lowest BCUT2D eigenvalue weighted by molar-refractivity contribution is -0.143. The Balaban J connectivity index is 1.65. The van der Waals surface area contributed by atoms with E-state index in [9.17, 15) is 33.6 Å². The molecule has 14 heteroatoms. The molecule has 2 aliphatic rings. The Hall–Kier alpha value is -4.49. The van der Waals surface area contributed by atoms with Crippen LogP contribution in [0.4, 0.5) is 4.79 Å². The zero-order chi connectivity index (χ0) is 37.0. The molecule has 14 nitrogen and oxygen atoms in total. The SMILES string of the molecule is CCCC(NC(=O)[C@@H]1CCCN1C(=O)[C@@H](NC(=O)OC(C)(C)C)C1CCCCC1)C(=O)C(=O)NCC(=O)N[C@H](C(=O)N(C)C)c1ccccc1. The van der Waals surface area contributed by atoms with Gasteiger partial charge in [0, 0.05) is 20.6 Å². The van der Waals surface area contributed by atoms with E-state index in [1.165, 1.54) is 9.80 Å². The van der Waals surface area contributed by atoms with Crippen LogP contribution in [0.2, 0.25) is 0 Å². The number of alkyl carbamates (subject to hydrolysis) is 1. The number of Topliss-reactive ketones (excluding diaryl/α,β-unsaturated/α-hetero) is 1. The number of carbonyl (C=O) groups is 7. The number of benzene rings is 1. The maximum absolute atomic E-state index is 14.0. The summed E-state index contributed by atoms with van der Waals surface area (Å²) in [6.45, 7) is 6.75. The molecule has 1 aromatic carbocycles. The maximum atomic E-state index is 14.0. The summed E-state index contributed by atoms with van der Waals surface area (Å²) < 4.78 is 5.45. The topological polar surface area (TPSA) is 183 Å². The molecule has 1 aromatic rings. The number of ether oxygens (including phenoxy) is 1. The van der Waals surface area contributed by atoms with Gasteiger partial charge in [-0.3, -0.25) is 28.8 Å². The lowest BCUT2D eigenvalue weighted by Crippen LogP contribution is -2.58. The summed E-state index contributed by atoms with van der Waals surface area (Å²) in [7, 11) is 3.12. The molecule has 2 fully saturated rings. The molecule has 4 N–H and O–H groups in total. The molecule has 276 valence electrons. The second-order valence-corrected chi connectivity index (χ2v) is 14.3. The van der Waals surface area contributed by atoms with Crippen molar-refractivity contribution in [1.29, 1.82) is 0 Å². The normalized spacial score (nSPS) is 18.2. The molecule has 0 aromatic heterocycles. The number of carbonyl (C=O) groups excluding carboxylic acids is 7. The lowest BCUT2D eigenvalue weighted by atomic mass is 9.83. The second kappa shape index (κ2) is 18.5. The first kappa shape index (κ1) is 39.9. The monoisotopic (exact) mass is 698 g/mol. The highest BCUT2D eigenvalue weighted by Gasteiger charge is 2.42. The Labute approximate surface area is 294 Å². The summed E-state index contributed by atoms with van der Waals surface area (Å²) >= 11 is 0. The molecule has 1 heterocycles. The molecule has 6 amide bonds. The van der Waals surface area contributed by atoms with Crippen LogP contribution in [-0.2, 0) is 33.5 Å². The van der Waals surface area contributed by atoms with Gasteiger partial charge in [0.2, 0.25) is 29.4 Å². The average molecular weight is 699 g/mol. The molecule has 1 unspecified atom stereocenters. The molecule has 4 atom stereocenters. The van der Waals surface area contributed by atoms with Crippen molar-refractivity contribution in [3.8, 4) is 0 Å². The quantitative estimate of drug-likeness (QED) is 0.214. The molecule has 1 aliphatic carbocycles. The summed E-state index contributed by atoms with van der Waals surface area (Å²) in [6, 6.07) is 4.70. The molecular weight excluding hydrogens is 644 g/mol. The van der Waals surface area contributed by atoms with Gasteiger partial charge in [-0.05, 0) is 64.4 Å². The van der Waals surface area contributed by atoms with E-state index in [0.717, 1.165) is 32.1 Å². The van der Waals surface area contributed by atoms with Crippen molar-refractivity contribution in [2.75, 3.05) is 27.2 Å². The number of ketones is 1. The fraction of sp³-hybridized carbons (Fsp3) is 0.639. The number of nitrogens with zero attached hydrogens (tertiary/aromatic N) is 2. The minimum absolute atomic E-state index is 0.104. The van der Waals surface area contributed by atoms with E-state index in [1.54, 1.807) is 72.1 Å². The van der Waals surface area contributed by atoms with E-state index >= 15 is 0 Å². The average Bonchev–Trinajstić information content (AvgIpc) is 3.58. The van der Waals surface area contributed by atoms with Gasteiger partial charge >= 0.3 is 6.09 Å². The highest BCUT2D eigenvalue weighted by Crippen LogP contribution is 2.30. The minimum Gasteiger partial charge on any atom is -0.444 e. The van der Waals surface area contributed by atoms with E-state index < -0.39 is 65.9 Å². The van der Waals surface area contributed by atoms with E-state index in [1.807, 2.05) is 0 Å². The van der Waals surface area contributed by atoms with Crippen LogP contribution in [0.1, 0.15) is 97.1 Å². The number of likely N-dealkylation sites (tertiary alicyclic amines) is 1. The second-order valence-electron chi connectivity index (χ2n) is 14.3. The molecule has 1 aliphatic heterocycles. The first-order chi connectivity index (χ1) is 23.6. The Kier molecular flexibility index (Phi) is 14.8. The molecule has 3 rings (SSSR count). The first-order valence-corrected chi connectivity index (χ1v) is 17.6. The predicted octanol–water partition coefficient (Wildman–Crippen LogP) is 2.37. The van der Waals surface area contributed by atoms with Crippen LogP contribution in [0.5, 0.6) is 0 Å². The molecule has 0 radical (unpaired) electrons. The van der Waals surface area contributed by atoms with Gasteiger partial charge in [0.1, 0.15) is 23.7 Å². The van der Waals surface area contributed by atoms with Crippen LogP contribution in [-0.4, -0.2) is 102 Å². The van der Waals surface area contributed by atoms with Crippen molar-refractivity contribution in [3.63, 3.8) is 0 Å². The van der Waals surface area contributed by atoms with Gasteiger partial charge in [-0.2, -0.15) is 0 Å². The smallest absolute Gasteiger partial charge is 0.408 e. The fourth-order valence-corrected chi connectivity index (χ4v) is 6.40. The molecular formula is C36H54N6O8. The number of rotatable bonds is 14.